The lowest BCUT2D eigenvalue weighted by Gasteiger charge is -2.19. The van der Waals surface area contributed by atoms with Gasteiger partial charge in [-0.1, -0.05) is 26.0 Å². The van der Waals surface area contributed by atoms with E-state index in [-0.39, 0.29) is 5.91 Å². The predicted octanol–water partition coefficient (Wildman–Crippen LogP) is 2.82. The van der Waals surface area contributed by atoms with Crippen molar-refractivity contribution in [3.8, 4) is 0 Å². The first-order valence-electron chi connectivity index (χ1n) is 9.62. The fraction of sp³-hybridized carbons (Fsp3) is 0.429. The summed E-state index contributed by atoms with van der Waals surface area (Å²) in [5, 5.41) is 16.0. The summed E-state index contributed by atoms with van der Waals surface area (Å²) in [6.07, 6.45) is 3.25. The number of anilines is 2. The first-order chi connectivity index (χ1) is 13.6. The molecule has 1 unspecified atom stereocenters. The molecule has 0 radical (unpaired) electrons. The van der Waals surface area contributed by atoms with E-state index in [0.29, 0.717) is 24.6 Å². The molecule has 0 saturated carbocycles. The van der Waals surface area contributed by atoms with Crippen LogP contribution < -0.4 is 10.2 Å². The van der Waals surface area contributed by atoms with Gasteiger partial charge in [0.2, 0.25) is 11.8 Å². The summed E-state index contributed by atoms with van der Waals surface area (Å²) in [4.78, 5) is 38.4. The molecule has 1 fully saturated rings. The second-order valence-electron chi connectivity index (χ2n) is 8.10. The molecule has 0 aliphatic carbocycles. The first kappa shape index (κ1) is 20.6. The largest absolute Gasteiger partial charge is 0.479 e. The van der Waals surface area contributed by atoms with E-state index in [4.69, 9.17) is 0 Å². The molecule has 154 valence electrons. The number of carboxylic acid groups (broad SMARTS) is 1. The molecule has 2 heterocycles. The zero-order chi connectivity index (χ0) is 21.3. The van der Waals surface area contributed by atoms with E-state index in [1.54, 1.807) is 4.90 Å². The van der Waals surface area contributed by atoms with Crippen molar-refractivity contribution < 1.29 is 19.5 Å². The Bertz CT molecular complexity index is 930. The molecule has 1 atom stereocenters. The van der Waals surface area contributed by atoms with Crippen LogP contribution in [0.15, 0.2) is 36.7 Å². The van der Waals surface area contributed by atoms with Gasteiger partial charge in [0.15, 0.2) is 5.54 Å². The highest BCUT2D eigenvalue weighted by molar-refractivity contribution is 6.13. The Kier molecular flexibility index (Phi) is 5.46. The fourth-order valence-corrected chi connectivity index (χ4v) is 3.24. The Labute approximate surface area is 169 Å². The minimum Gasteiger partial charge on any atom is -0.479 e. The van der Waals surface area contributed by atoms with Crippen molar-refractivity contribution in [2.45, 2.75) is 45.6 Å². The quantitative estimate of drug-likeness (QED) is 0.728. The number of rotatable bonds is 6. The van der Waals surface area contributed by atoms with Gasteiger partial charge in [-0.2, -0.15) is 5.10 Å². The van der Waals surface area contributed by atoms with E-state index in [9.17, 15) is 19.5 Å². The maximum atomic E-state index is 12.8. The first-order valence-corrected chi connectivity index (χ1v) is 9.62. The minimum absolute atomic E-state index is 0.238. The van der Waals surface area contributed by atoms with Crippen molar-refractivity contribution in [1.82, 2.24) is 9.78 Å². The summed E-state index contributed by atoms with van der Waals surface area (Å²) in [5.74, 6) is -2.06. The van der Waals surface area contributed by atoms with Crippen molar-refractivity contribution in [2.24, 2.45) is 5.92 Å². The molecule has 29 heavy (non-hydrogen) atoms. The molecule has 1 saturated heterocycles. The Morgan fingerprint density at radius 2 is 1.90 bits per heavy atom. The summed E-state index contributed by atoms with van der Waals surface area (Å²) in [6.45, 7) is 7.71. The number of hydrogen-bond acceptors (Lipinski definition) is 4. The van der Waals surface area contributed by atoms with Gasteiger partial charge < -0.3 is 15.3 Å². The smallest absolute Gasteiger partial charge is 0.331 e. The monoisotopic (exact) mass is 398 g/mol. The SMILES string of the molecule is CC(C)c1ccc(N2CCC(C(=O)Nc3cnn(C(C)(C)C(=O)O)c3)C2=O)cc1. The van der Waals surface area contributed by atoms with Gasteiger partial charge in [-0.25, -0.2) is 4.79 Å². The van der Waals surface area contributed by atoms with Gasteiger partial charge >= 0.3 is 5.97 Å². The standard InChI is InChI=1S/C21H26N4O4/c1-13(2)14-5-7-16(8-6-14)24-10-9-17(19(24)27)18(26)23-15-11-22-25(12-15)21(3,4)20(28)29/h5-8,11-13,17H,9-10H2,1-4H3,(H,23,26)(H,28,29). The summed E-state index contributed by atoms with van der Waals surface area (Å²) in [5.41, 5.74) is 1.09. The van der Waals surface area contributed by atoms with Crippen molar-refractivity contribution in [1.29, 1.82) is 0 Å². The van der Waals surface area contributed by atoms with Crippen LogP contribution in [0.25, 0.3) is 0 Å². The maximum Gasteiger partial charge on any atom is 0.331 e. The number of benzene rings is 1. The van der Waals surface area contributed by atoms with Gasteiger partial charge in [0.1, 0.15) is 5.92 Å². The van der Waals surface area contributed by atoms with E-state index in [2.05, 4.69) is 24.3 Å². The van der Waals surface area contributed by atoms with Crippen molar-refractivity contribution >= 4 is 29.2 Å². The number of nitrogens with one attached hydrogen (secondary N) is 1. The zero-order valence-electron chi connectivity index (χ0n) is 17.0. The summed E-state index contributed by atoms with van der Waals surface area (Å²) in [6, 6.07) is 7.82. The molecule has 2 amide bonds. The number of carboxylic acids is 1. The maximum absolute atomic E-state index is 12.8. The average Bonchev–Trinajstić information content (AvgIpc) is 3.28. The van der Waals surface area contributed by atoms with Gasteiger partial charge in [-0.3, -0.25) is 14.3 Å². The van der Waals surface area contributed by atoms with Gasteiger partial charge in [0.25, 0.3) is 0 Å². The third kappa shape index (κ3) is 4.01. The highest BCUT2D eigenvalue weighted by Crippen LogP contribution is 2.28. The number of amides is 2. The molecular formula is C21H26N4O4. The number of aromatic nitrogens is 2. The minimum atomic E-state index is -1.24. The highest BCUT2D eigenvalue weighted by Gasteiger charge is 2.38. The van der Waals surface area contributed by atoms with E-state index < -0.39 is 23.3 Å². The Hall–Kier alpha value is -3.16. The highest BCUT2D eigenvalue weighted by atomic mass is 16.4. The van der Waals surface area contributed by atoms with E-state index in [1.165, 1.54) is 36.5 Å². The summed E-state index contributed by atoms with van der Waals surface area (Å²) < 4.78 is 1.27. The lowest BCUT2D eigenvalue weighted by atomic mass is 10.0. The fourth-order valence-electron chi connectivity index (χ4n) is 3.24. The number of carbonyl (C=O) groups excluding carboxylic acids is 2. The van der Waals surface area contributed by atoms with Gasteiger partial charge in [-0.05, 0) is 43.9 Å². The average molecular weight is 398 g/mol. The van der Waals surface area contributed by atoms with Crippen LogP contribution in [0.3, 0.4) is 0 Å². The van der Waals surface area contributed by atoms with Crippen LogP contribution in [0.1, 0.15) is 45.6 Å². The second-order valence-corrected chi connectivity index (χ2v) is 8.10. The Morgan fingerprint density at radius 1 is 1.24 bits per heavy atom. The molecule has 1 aliphatic rings. The Morgan fingerprint density at radius 3 is 2.48 bits per heavy atom. The molecule has 0 spiro atoms. The van der Waals surface area contributed by atoms with Gasteiger partial charge in [0.05, 0.1) is 11.9 Å². The molecule has 8 heteroatoms. The van der Waals surface area contributed by atoms with Crippen LogP contribution in [-0.4, -0.2) is 39.2 Å². The molecule has 2 N–H and O–H groups in total. The van der Waals surface area contributed by atoms with Crippen LogP contribution in [0, 0.1) is 5.92 Å². The van der Waals surface area contributed by atoms with E-state index >= 15 is 0 Å². The molecule has 1 aromatic carbocycles. The molecule has 8 nitrogen and oxygen atoms in total. The molecule has 1 aliphatic heterocycles. The normalized spacial score (nSPS) is 17.1. The van der Waals surface area contributed by atoms with Gasteiger partial charge in [-0.15, -0.1) is 0 Å². The predicted molar refractivity (Wildman–Crippen MR) is 109 cm³/mol. The molecular weight excluding hydrogens is 372 g/mol. The molecule has 3 rings (SSSR count). The molecule has 2 aromatic rings. The van der Waals surface area contributed by atoms with Crippen molar-refractivity contribution in [3.63, 3.8) is 0 Å². The summed E-state index contributed by atoms with van der Waals surface area (Å²) >= 11 is 0. The third-order valence-corrected chi connectivity index (χ3v) is 5.34. The third-order valence-electron chi connectivity index (χ3n) is 5.34. The van der Waals surface area contributed by atoms with E-state index in [1.807, 2.05) is 24.3 Å². The molecule has 1 aromatic heterocycles. The second kappa shape index (κ2) is 7.69. The lowest BCUT2D eigenvalue weighted by Crippen LogP contribution is -2.36. The Balaban J connectivity index is 1.68. The molecule has 0 bridgehead atoms. The van der Waals surface area contributed by atoms with Crippen LogP contribution in [-0.2, 0) is 19.9 Å². The van der Waals surface area contributed by atoms with E-state index in [0.717, 1.165) is 5.69 Å². The summed E-state index contributed by atoms with van der Waals surface area (Å²) in [7, 11) is 0. The van der Waals surface area contributed by atoms with Crippen molar-refractivity contribution in [2.75, 3.05) is 16.8 Å². The lowest BCUT2D eigenvalue weighted by molar-refractivity contribution is -0.146. The zero-order valence-corrected chi connectivity index (χ0v) is 17.0. The number of carbonyl (C=O) groups is 3. The van der Waals surface area contributed by atoms with Crippen LogP contribution in [0.2, 0.25) is 0 Å². The number of aliphatic carboxylic acids is 1. The van der Waals surface area contributed by atoms with Crippen LogP contribution in [0.5, 0.6) is 0 Å². The topological polar surface area (TPSA) is 105 Å². The van der Waals surface area contributed by atoms with Gasteiger partial charge in [0, 0.05) is 18.4 Å². The van der Waals surface area contributed by atoms with Crippen molar-refractivity contribution in [3.05, 3.63) is 42.2 Å². The number of hydrogen-bond donors (Lipinski definition) is 2. The van der Waals surface area contributed by atoms with Crippen LogP contribution in [0.4, 0.5) is 11.4 Å². The van der Waals surface area contributed by atoms with Crippen LogP contribution >= 0.6 is 0 Å². The number of nitrogens with zero attached hydrogens (tertiary/aromatic N) is 3.